The van der Waals surface area contributed by atoms with Crippen molar-refractivity contribution in [2.45, 2.75) is 0 Å². The molecule has 0 aliphatic rings. The summed E-state index contributed by atoms with van der Waals surface area (Å²) in [4.78, 5) is 0. The number of rotatable bonds is 4. The van der Waals surface area contributed by atoms with Gasteiger partial charge in [-0.05, 0) is 107 Å². The molecule has 0 bridgehead atoms. The highest BCUT2D eigenvalue weighted by molar-refractivity contribution is 6.24. The van der Waals surface area contributed by atoms with Gasteiger partial charge < -0.3 is 4.42 Å². The molecule has 10 rings (SSSR count). The summed E-state index contributed by atoms with van der Waals surface area (Å²) in [5, 5.41) is 9.71. The number of hydrogen-bond donors (Lipinski definition) is 0. The van der Waals surface area contributed by atoms with Gasteiger partial charge in [0.05, 0.1) is 0 Å². The Morgan fingerprint density at radius 1 is 0.265 bits per heavy atom. The van der Waals surface area contributed by atoms with Crippen LogP contribution in [0.2, 0.25) is 0 Å². The molecule has 1 heteroatoms. The van der Waals surface area contributed by atoms with Crippen molar-refractivity contribution in [3.8, 4) is 44.5 Å². The van der Waals surface area contributed by atoms with Crippen LogP contribution in [-0.4, -0.2) is 0 Å². The monoisotopic (exact) mass is 622 g/mol. The molecule has 0 atom stereocenters. The molecule has 0 saturated heterocycles. The third-order valence-corrected chi connectivity index (χ3v) is 10.1. The Labute approximate surface area is 284 Å². The maximum absolute atomic E-state index is 6.37. The molecule has 49 heavy (non-hydrogen) atoms. The molecule has 10 aromatic rings. The first-order valence-corrected chi connectivity index (χ1v) is 16.8. The maximum Gasteiger partial charge on any atom is 0.136 e. The van der Waals surface area contributed by atoms with Crippen LogP contribution >= 0.6 is 0 Å². The molecular formula is C48H30O. The van der Waals surface area contributed by atoms with E-state index in [0.29, 0.717) is 0 Å². The molecule has 0 spiro atoms. The van der Waals surface area contributed by atoms with Crippen molar-refractivity contribution in [3.63, 3.8) is 0 Å². The second-order valence-electron chi connectivity index (χ2n) is 12.8. The Morgan fingerprint density at radius 2 is 0.755 bits per heavy atom. The van der Waals surface area contributed by atoms with Crippen LogP contribution in [0.25, 0.3) is 98.8 Å². The van der Waals surface area contributed by atoms with E-state index in [-0.39, 0.29) is 0 Å². The second kappa shape index (κ2) is 11.1. The third kappa shape index (κ3) is 4.47. The molecule has 1 aromatic heterocycles. The van der Waals surface area contributed by atoms with Gasteiger partial charge in [0.25, 0.3) is 0 Å². The van der Waals surface area contributed by atoms with E-state index in [1.807, 2.05) is 12.1 Å². The summed E-state index contributed by atoms with van der Waals surface area (Å²) in [5.41, 5.74) is 11.6. The van der Waals surface area contributed by atoms with Gasteiger partial charge in [0.1, 0.15) is 11.2 Å². The van der Waals surface area contributed by atoms with Gasteiger partial charge in [-0.25, -0.2) is 0 Å². The Morgan fingerprint density at radius 3 is 1.45 bits per heavy atom. The molecular weight excluding hydrogens is 593 g/mol. The van der Waals surface area contributed by atoms with E-state index in [9.17, 15) is 0 Å². The summed E-state index contributed by atoms with van der Waals surface area (Å²) < 4.78 is 6.37. The summed E-state index contributed by atoms with van der Waals surface area (Å²) in [6.07, 6.45) is 0. The Kier molecular flexibility index (Phi) is 6.25. The third-order valence-electron chi connectivity index (χ3n) is 10.1. The van der Waals surface area contributed by atoms with E-state index in [4.69, 9.17) is 4.42 Å². The highest BCUT2D eigenvalue weighted by Crippen LogP contribution is 2.47. The average Bonchev–Trinajstić information content (AvgIpc) is 3.55. The van der Waals surface area contributed by atoms with Crippen LogP contribution in [0.1, 0.15) is 0 Å². The van der Waals surface area contributed by atoms with E-state index < -0.39 is 0 Å². The largest absolute Gasteiger partial charge is 0.456 e. The van der Waals surface area contributed by atoms with E-state index in [2.05, 4.69) is 170 Å². The topological polar surface area (TPSA) is 13.1 Å². The first-order chi connectivity index (χ1) is 24.3. The zero-order chi connectivity index (χ0) is 32.3. The lowest BCUT2D eigenvalue weighted by Crippen LogP contribution is -1.92. The van der Waals surface area contributed by atoms with Crippen molar-refractivity contribution < 1.29 is 4.42 Å². The summed E-state index contributed by atoms with van der Waals surface area (Å²) in [5.74, 6) is 0. The molecule has 0 radical (unpaired) electrons. The van der Waals surface area contributed by atoms with Gasteiger partial charge in [-0.3, -0.25) is 0 Å². The maximum atomic E-state index is 6.37. The molecule has 0 saturated carbocycles. The summed E-state index contributed by atoms with van der Waals surface area (Å²) in [6.45, 7) is 0. The van der Waals surface area contributed by atoms with Gasteiger partial charge in [-0.1, -0.05) is 152 Å². The SMILES string of the molecule is c1ccc(-c2ccc(-c3cc(-c4c5ccccc5c(-c5ccc6c(c5)oc5ccccc56)c5ccccc45)c4ccccc4c3)cc2)cc1. The molecule has 0 aliphatic carbocycles. The van der Waals surface area contributed by atoms with Crippen molar-refractivity contribution in [2.24, 2.45) is 0 Å². The first-order valence-electron chi connectivity index (χ1n) is 16.8. The zero-order valence-corrected chi connectivity index (χ0v) is 26.7. The van der Waals surface area contributed by atoms with E-state index in [1.165, 1.54) is 71.3 Å². The van der Waals surface area contributed by atoms with Crippen LogP contribution < -0.4 is 0 Å². The summed E-state index contributed by atoms with van der Waals surface area (Å²) in [7, 11) is 0. The highest BCUT2D eigenvalue weighted by atomic mass is 16.3. The molecule has 0 N–H and O–H groups in total. The molecule has 0 aliphatic heterocycles. The molecule has 1 heterocycles. The minimum atomic E-state index is 0.910. The van der Waals surface area contributed by atoms with Gasteiger partial charge in [0.15, 0.2) is 0 Å². The summed E-state index contributed by atoms with van der Waals surface area (Å²) >= 11 is 0. The van der Waals surface area contributed by atoms with Crippen molar-refractivity contribution in [1.82, 2.24) is 0 Å². The van der Waals surface area contributed by atoms with E-state index >= 15 is 0 Å². The van der Waals surface area contributed by atoms with Crippen molar-refractivity contribution in [2.75, 3.05) is 0 Å². The zero-order valence-electron chi connectivity index (χ0n) is 26.7. The number of fused-ring (bicyclic) bond motifs is 6. The van der Waals surface area contributed by atoms with Gasteiger partial charge in [-0.2, -0.15) is 0 Å². The fourth-order valence-corrected chi connectivity index (χ4v) is 7.78. The Hall–Kier alpha value is -6.44. The van der Waals surface area contributed by atoms with Crippen LogP contribution in [-0.2, 0) is 0 Å². The fourth-order valence-electron chi connectivity index (χ4n) is 7.78. The predicted octanol–water partition coefficient (Wildman–Crippen LogP) is 13.7. The fraction of sp³-hybridized carbons (Fsp3) is 0. The Bertz CT molecular complexity index is 2800. The standard InChI is InChI=1S/C48H30O/c1-2-12-31(13-3-1)32-22-24-33(25-23-32)36-28-34-14-4-5-15-37(34)44(29-36)48-42-19-8-6-17-40(42)47(41-18-7-9-20-43(41)48)35-26-27-39-38-16-10-11-21-45(38)49-46(39)30-35/h1-30H. The second-order valence-corrected chi connectivity index (χ2v) is 12.8. The number of para-hydroxylation sites is 1. The molecule has 0 amide bonds. The van der Waals surface area contributed by atoms with Crippen LogP contribution in [0, 0.1) is 0 Å². The van der Waals surface area contributed by atoms with Gasteiger partial charge in [0.2, 0.25) is 0 Å². The number of benzene rings is 9. The van der Waals surface area contributed by atoms with Crippen LogP contribution in [0.5, 0.6) is 0 Å². The van der Waals surface area contributed by atoms with Crippen LogP contribution in [0.15, 0.2) is 186 Å². The first kappa shape index (κ1) is 27.7. The van der Waals surface area contributed by atoms with Gasteiger partial charge in [0, 0.05) is 10.8 Å². The molecule has 0 fully saturated rings. The van der Waals surface area contributed by atoms with Crippen LogP contribution in [0.4, 0.5) is 0 Å². The van der Waals surface area contributed by atoms with Crippen molar-refractivity contribution >= 4 is 54.3 Å². The highest BCUT2D eigenvalue weighted by Gasteiger charge is 2.19. The lowest BCUT2D eigenvalue weighted by molar-refractivity contribution is 0.669. The minimum Gasteiger partial charge on any atom is -0.456 e. The van der Waals surface area contributed by atoms with Crippen LogP contribution in [0.3, 0.4) is 0 Å². The van der Waals surface area contributed by atoms with E-state index in [1.54, 1.807) is 0 Å². The average molecular weight is 623 g/mol. The van der Waals surface area contributed by atoms with Crippen molar-refractivity contribution in [1.29, 1.82) is 0 Å². The molecule has 0 unspecified atom stereocenters. The van der Waals surface area contributed by atoms with Gasteiger partial charge >= 0.3 is 0 Å². The normalized spacial score (nSPS) is 11.7. The quantitative estimate of drug-likeness (QED) is 0.178. The smallest absolute Gasteiger partial charge is 0.136 e. The number of hydrogen-bond acceptors (Lipinski definition) is 1. The Balaban J connectivity index is 1.23. The minimum absolute atomic E-state index is 0.910. The molecule has 9 aromatic carbocycles. The summed E-state index contributed by atoms with van der Waals surface area (Å²) in [6, 6.07) is 65.8. The van der Waals surface area contributed by atoms with Gasteiger partial charge in [-0.15, -0.1) is 0 Å². The number of furan rings is 1. The van der Waals surface area contributed by atoms with Crippen molar-refractivity contribution in [3.05, 3.63) is 182 Å². The molecule has 1 nitrogen and oxygen atoms in total. The lowest BCUT2D eigenvalue weighted by Gasteiger charge is -2.19. The predicted molar refractivity (Wildman–Crippen MR) is 208 cm³/mol. The lowest BCUT2D eigenvalue weighted by atomic mass is 9.83. The van der Waals surface area contributed by atoms with E-state index in [0.717, 1.165) is 27.5 Å². The molecule has 228 valence electrons.